The van der Waals surface area contributed by atoms with Crippen molar-refractivity contribution < 1.29 is 9.59 Å². The van der Waals surface area contributed by atoms with Crippen molar-refractivity contribution in [1.82, 2.24) is 10.2 Å². The third kappa shape index (κ3) is 4.20. The fraction of sp³-hybridized carbons (Fsp3) is 0.692. The Kier molecular flexibility index (Phi) is 5.47. The van der Waals surface area contributed by atoms with Gasteiger partial charge < -0.3 is 15.1 Å². The van der Waals surface area contributed by atoms with E-state index in [1.807, 2.05) is 4.90 Å². The van der Waals surface area contributed by atoms with Crippen molar-refractivity contribution in [1.29, 1.82) is 0 Å². The first-order valence-electron chi connectivity index (χ1n) is 12.3. The van der Waals surface area contributed by atoms with Gasteiger partial charge in [0.1, 0.15) is 0 Å². The van der Waals surface area contributed by atoms with Gasteiger partial charge in [0.15, 0.2) is 0 Å². The summed E-state index contributed by atoms with van der Waals surface area (Å²) in [6, 6.07) is 6.42. The zero-order valence-electron chi connectivity index (χ0n) is 19.2. The molecule has 1 saturated heterocycles. The van der Waals surface area contributed by atoms with Crippen LogP contribution in [0.2, 0.25) is 0 Å². The highest BCUT2D eigenvalue weighted by molar-refractivity contribution is 5.85. The third-order valence-corrected chi connectivity index (χ3v) is 8.69. The zero-order valence-corrected chi connectivity index (χ0v) is 19.2. The van der Waals surface area contributed by atoms with E-state index in [1.54, 1.807) is 0 Å². The molecule has 5 aliphatic rings. The van der Waals surface area contributed by atoms with E-state index in [4.69, 9.17) is 0 Å². The third-order valence-electron chi connectivity index (χ3n) is 8.69. The molecular formula is C26H37N3O2. The van der Waals surface area contributed by atoms with Crippen molar-refractivity contribution in [2.24, 2.45) is 23.2 Å². The van der Waals surface area contributed by atoms with Crippen molar-refractivity contribution in [3.05, 3.63) is 29.3 Å². The molecule has 1 aromatic carbocycles. The summed E-state index contributed by atoms with van der Waals surface area (Å²) < 4.78 is 0. The predicted molar refractivity (Wildman–Crippen MR) is 123 cm³/mol. The molecule has 1 aromatic rings. The van der Waals surface area contributed by atoms with Crippen LogP contribution in [0.5, 0.6) is 0 Å². The maximum Gasteiger partial charge on any atom is 0.242 e. The summed E-state index contributed by atoms with van der Waals surface area (Å²) in [6.45, 7) is 7.59. The van der Waals surface area contributed by atoms with Gasteiger partial charge in [-0.3, -0.25) is 9.59 Å². The Balaban J connectivity index is 1.09. The molecule has 168 valence electrons. The van der Waals surface area contributed by atoms with Crippen LogP contribution in [0.4, 0.5) is 5.69 Å². The first-order chi connectivity index (χ1) is 14.9. The molecule has 0 spiro atoms. The lowest BCUT2D eigenvalue weighted by Crippen LogP contribution is -2.52. The van der Waals surface area contributed by atoms with Gasteiger partial charge in [0.2, 0.25) is 11.8 Å². The number of rotatable bonds is 5. The summed E-state index contributed by atoms with van der Waals surface area (Å²) in [7, 11) is 0. The van der Waals surface area contributed by atoms with Crippen molar-refractivity contribution in [3.63, 3.8) is 0 Å². The van der Waals surface area contributed by atoms with Crippen LogP contribution in [0.15, 0.2) is 18.2 Å². The van der Waals surface area contributed by atoms with Gasteiger partial charge in [-0.05, 0) is 92.7 Å². The molecule has 5 fully saturated rings. The number of benzene rings is 1. The largest absolute Gasteiger partial charge is 0.368 e. The minimum atomic E-state index is 0.0551. The molecule has 1 heterocycles. The quantitative estimate of drug-likeness (QED) is 0.786. The van der Waals surface area contributed by atoms with Gasteiger partial charge in [0.05, 0.1) is 6.54 Å². The number of piperazine rings is 1. The summed E-state index contributed by atoms with van der Waals surface area (Å²) in [5.41, 5.74) is 4.13. The summed E-state index contributed by atoms with van der Waals surface area (Å²) in [6.07, 6.45) is 8.53. The SMILES string of the molecule is Cc1cccc(N2CCN(C(=O)CNC(=O)CC34CC5CC(CC(C5)C3)C4)CC2)c1C. The fourth-order valence-corrected chi connectivity index (χ4v) is 7.47. The van der Waals surface area contributed by atoms with Crippen LogP contribution in [-0.4, -0.2) is 49.4 Å². The van der Waals surface area contributed by atoms with Gasteiger partial charge in [-0.2, -0.15) is 0 Å². The molecule has 0 unspecified atom stereocenters. The molecule has 5 nitrogen and oxygen atoms in total. The van der Waals surface area contributed by atoms with Crippen LogP contribution in [0.3, 0.4) is 0 Å². The molecule has 2 amide bonds. The maximum atomic E-state index is 12.7. The lowest BCUT2D eigenvalue weighted by Gasteiger charge is -2.56. The number of anilines is 1. The summed E-state index contributed by atoms with van der Waals surface area (Å²) in [5, 5.41) is 2.97. The maximum absolute atomic E-state index is 12.7. The molecule has 1 N–H and O–H groups in total. The van der Waals surface area contributed by atoms with E-state index >= 15 is 0 Å². The monoisotopic (exact) mass is 423 g/mol. The molecule has 4 bridgehead atoms. The van der Waals surface area contributed by atoms with Crippen LogP contribution in [0.25, 0.3) is 0 Å². The standard InChI is InChI=1S/C26H37N3O2/c1-18-4-3-5-23(19(18)2)28-6-8-29(9-7-28)25(31)17-27-24(30)16-26-13-20-10-21(14-26)12-22(11-20)15-26/h3-5,20-22H,6-17H2,1-2H3,(H,27,30). The molecule has 6 rings (SSSR count). The highest BCUT2D eigenvalue weighted by Crippen LogP contribution is 2.61. The molecule has 1 aliphatic heterocycles. The number of hydrogen-bond donors (Lipinski definition) is 1. The van der Waals surface area contributed by atoms with Gasteiger partial charge in [-0.1, -0.05) is 12.1 Å². The number of carbonyl (C=O) groups is 2. The number of carbonyl (C=O) groups excluding carboxylic acids is 2. The van der Waals surface area contributed by atoms with Crippen LogP contribution in [0.1, 0.15) is 56.1 Å². The number of aryl methyl sites for hydroxylation is 1. The summed E-state index contributed by atoms with van der Waals surface area (Å²) >= 11 is 0. The van der Waals surface area contributed by atoms with E-state index in [2.05, 4.69) is 42.3 Å². The highest BCUT2D eigenvalue weighted by atomic mass is 16.2. The average molecular weight is 424 g/mol. The topological polar surface area (TPSA) is 52.6 Å². The predicted octanol–water partition coefficient (Wildman–Crippen LogP) is 3.67. The fourth-order valence-electron chi connectivity index (χ4n) is 7.47. The molecule has 5 heteroatoms. The molecule has 0 radical (unpaired) electrons. The van der Waals surface area contributed by atoms with Gasteiger partial charge >= 0.3 is 0 Å². The van der Waals surface area contributed by atoms with Gasteiger partial charge in [-0.15, -0.1) is 0 Å². The first-order valence-corrected chi connectivity index (χ1v) is 12.3. The average Bonchev–Trinajstić information content (AvgIpc) is 2.73. The zero-order chi connectivity index (χ0) is 21.6. The van der Waals surface area contributed by atoms with Crippen molar-refractivity contribution in [2.45, 2.75) is 58.8 Å². The van der Waals surface area contributed by atoms with Crippen LogP contribution in [-0.2, 0) is 9.59 Å². The second-order valence-electron chi connectivity index (χ2n) is 11.0. The Morgan fingerprint density at radius 1 is 0.968 bits per heavy atom. The van der Waals surface area contributed by atoms with E-state index in [-0.39, 0.29) is 23.8 Å². The molecular weight excluding hydrogens is 386 g/mol. The van der Waals surface area contributed by atoms with Crippen molar-refractivity contribution in [2.75, 3.05) is 37.6 Å². The number of nitrogens with one attached hydrogen (secondary N) is 1. The minimum absolute atomic E-state index is 0.0551. The Morgan fingerprint density at radius 3 is 2.19 bits per heavy atom. The van der Waals surface area contributed by atoms with Crippen molar-refractivity contribution >= 4 is 17.5 Å². The Hall–Kier alpha value is -2.04. The number of amides is 2. The molecule has 0 aromatic heterocycles. The molecule has 0 atom stereocenters. The first kappa shape index (κ1) is 20.8. The molecule has 31 heavy (non-hydrogen) atoms. The molecule has 4 saturated carbocycles. The number of nitrogens with zero attached hydrogens (tertiary/aromatic N) is 2. The van der Waals surface area contributed by atoms with Gasteiger partial charge in [-0.25, -0.2) is 0 Å². The second kappa shape index (κ2) is 8.14. The lowest BCUT2D eigenvalue weighted by atomic mass is 9.49. The van der Waals surface area contributed by atoms with E-state index in [1.165, 1.54) is 55.3 Å². The lowest BCUT2D eigenvalue weighted by molar-refractivity contribution is -0.135. The molecule has 4 aliphatic carbocycles. The van der Waals surface area contributed by atoms with Crippen LogP contribution >= 0.6 is 0 Å². The summed E-state index contributed by atoms with van der Waals surface area (Å²) in [5.74, 6) is 2.71. The van der Waals surface area contributed by atoms with Crippen LogP contribution in [0, 0.1) is 37.0 Å². The van der Waals surface area contributed by atoms with Crippen molar-refractivity contribution in [3.8, 4) is 0 Å². The minimum Gasteiger partial charge on any atom is -0.368 e. The Bertz CT molecular complexity index is 821. The normalized spacial score (nSPS) is 31.7. The van der Waals surface area contributed by atoms with E-state index in [9.17, 15) is 9.59 Å². The second-order valence-corrected chi connectivity index (χ2v) is 11.0. The van der Waals surface area contributed by atoms with E-state index in [0.717, 1.165) is 43.9 Å². The smallest absolute Gasteiger partial charge is 0.242 e. The van der Waals surface area contributed by atoms with Gasteiger partial charge in [0, 0.05) is 38.3 Å². The Morgan fingerprint density at radius 2 is 1.58 bits per heavy atom. The van der Waals surface area contributed by atoms with E-state index in [0.29, 0.717) is 6.42 Å². The van der Waals surface area contributed by atoms with Crippen LogP contribution < -0.4 is 10.2 Å². The highest BCUT2D eigenvalue weighted by Gasteiger charge is 2.51. The summed E-state index contributed by atoms with van der Waals surface area (Å²) in [4.78, 5) is 29.7. The van der Waals surface area contributed by atoms with Gasteiger partial charge in [0.25, 0.3) is 0 Å². The van der Waals surface area contributed by atoms with E-state index < -0.39 is 0 Å². The Labute approximate surface area is 186 Å². The number of hydrogen-bond acceptors (Lipinski definition) is 3.